The van der Waals surface area contributed by atoms with Gasteiger partial charge in [0.2, 0.25) is 0 Å². The molecule has 0 aliphatic carbocycles. The number of anilines is 1. The van der Waals surface area contributed by atoms with Crippen LogP contribution in [0, 0.1) is 5.82 Å². The number of halogens is 3. The van der Waals surface area contributed by atoms with E-state index in [-0.39, 0.29) is 22.3 Å². The van der Waals surface area contributed by atoms with E-state index in [1.807, 2.05) is 0 Å². The van der Waals surface area contributed by atoms with E-state index >= 15 is 0 Å². The van der Waals surface area contributed by atoms with Gasteiger partial charge in [0, 0.05) is 10.0 Å². The van der Waals surface area contributed by atoms with Gasteiger partial charge < -0.3 is 16.6 Å². The second kappa shape index (κ2) is 4.57. The molecule has 3 nitrogen and oxygen atoms in total. The quantitative estimate of drug-likeness (QED) is 0.574. The molecule has 0 unspecified atom stereocenters. The lowest BCUT2D eigenvalue weighted by atomic mass is 10.1. The molecule has 0 bridgehead atoms. The first kappa shape index (κ1) is 11.9. The standard InChI is InChI=1S/C8H9Br2FN2O/c9-3-1-4(10)8(13)6(7(3)11)5(12)2-14/h1,5,14H,2,12-13H2/t5-/m0/s1. The number of hydrogen-bond acceptors (Lipinski definition) is 3. The molecule has 0 saturated heterocycles. The van der Waals surface area contributed by atoms with Crippen molar-refractivity contribution in [1.29, 1.82) is 0 Å². The molecular formula is C8H9Br2FN2O. The molecule has 5 N–H and O–H groups in total. The molecule has 0 aliphatic heterocycles. The SMILES string of the molecule is Nc1c(Br)cc(Br)c(F)c1[C@@H](N)CO. The summed E-state index contributed by atoms with van der Waals surface area (Å²) < 4.78 is 14.3. The summed E-state index contributed by atoms with van der Waals surface area (Å²) in [6.45, 7) is -0.357. The highest BCUT2D eigenvalue weighted by Crippen LogP contribution is 2.34. The number of nitrogens with two attached hydrogens (primary N) is 2. The van der Waals surface area contributed by atoms with Crippen molar-refractivity contribution in [2.75, 3.05) is 12.3 Å². The van der Waals surface area contributed by atoms with Crippen molar-refractivity contribution < 1.29 is 9.50 Å². The molecule has 0 aliphatic rings. The number of aliphatic hydroxyl groups excluding tert-OH is 1. The number of aliphatic hydroxyl groups is 1. The Morgan fingerprint density at radius 2 is 2.00 bits per heavy atom. The van der Waals surface area contributed by atoms with Gasteiger partial charge in [0.1, 0.15) is 5.82 Å². The van der Waals surface area contributed by atoms with Crippen LogP contribution >= 0.6 is 31.9 Å². The third-order valence-electron chi connectivity index (χ3n) is 1.81. The van der Waals surface area contributed by atoms with Gasteiger partial charge in [-0.25, -0.2) is 4.39 Å². The van der Waals surface area contributed by atoms with E-state index in [9.17, 15) is 4.39 Å². The van der Waals surface area contributed by atoms with E-state index in [0.29, 0.717) is 4.47 Å². The molecule has 0 radical (unpaired) electrons. The fourth-order valence-electron chi connectivity index (χ4n) is 1.08. The number of rotatable bonds is 2. The average Bonchev–Trinajstić information content (AvgIpc) is 2.15. The summed E-state index contributed by atoms with van der Waals surface area (Å²) in [4.78, 5) is 0. The summed E-state index contributed by atoms with van der Waals surface area (Å²) in [6, 6.07) is 0.682. The van der Waals surface area contributed by atoms with Crippen molar-refractivity contribution in [3.63, 3.8) is 0 Å². The van der Waals surface area contributed by atoms with Crippen LogP contribution in [0.1, 0.15) is 11.6 Å². The van der Waals surface area contributed by atoms with Crippen LogP contribution in [-0.2, 0) is 0 Å². The molecule has 1 aromatic rings. The molecule has 0 aromatic heterocycles. The Morgan fingerprint density at radius 3 is 2.50 bits per heavy atom. The number of hydrogen-bond donors (Lipinski definition) is 3. The maximum absolute atomic E-state index is 13.5. The van der Waals surface area contributed by atoms with Gasteiger partial charge in [0.25, 0.3) is 0 Å². The second-order valence-corrected chi connectivity index (χ2v) is 4.48. The molecule has 14 heavy (non-hydrogen) atoms. The van der Waals surface area contributed by atoms with Crippen LogP contribution in [0.2, 0.25) is 0 Å². The number of nitrogen functional groups attached to an aromatic ring is 1. The van der Waals surface area contributed by atoms with Gasteiger partial charge in [-0.2, -0.15) is 0 Å². The summed E-state index contributed by atoms with van der Waals surface area (Å²) in [6.07, 6.45) is 0. The largest absolute Gasteiger partial charge is 0.397 e. The molecule has 1 rings (SSSR count). The second-order valence-electron chi connectivity index (χ2n) is 2.77. The van der Waals surface area contributed by atoms with Crippen LogP contribution in [0.25, 0.3) is 0 Å². The molecule has 0 heterocycles. The highest BCUT2D eigenvalue weighted by molar-refractivity contribution is 9.11. The Hall–Kier alpha value is -0.170. The Morgan fingerprint density at radius 1 is 1.43 bits per heavy atom. The van der Waals surface area contributed by atoms with E-state index in [1.165, 1.54) is 6.07 Å². The smallest absolute Gasteiger partial charge is 0.144 e. The summed E-state index contributed by atoms with van der Waals surface area (Å²) in [5.41, 5.74) is 11.5. The minimum atomic E-state index is -0.816. The minimum absolute atomic E-state index is 0.119. The molecule has 0 fully saturated rings. The first-order chi connectivity index (χ1) is 6.49. The highest BCUT2D eigenvalue weighted by Gasteiger charge is 2.19. The molecule has 0 saturated carbocycles. The molecule has 1 atom stereocenters. The summed E-state index contributed by atoms with van der Waals surface area (Å²) in [7, 11) is 0. The van der Waals surface area contributed by atoms with Crippen LogP contribution in [0.15, 0.2) is 15.0 Å². The van der Waals surface area contributed by atoms with Crippen LogP contribution in [-0.4, -0.2) is 11.7 Å². The lowest BCUT2D eigenvalue weighted by molar-refractivity contribution is 0.265. The van der Waals surface area contributed by atoms with Crippen molar-refractivity contribution in [2.24, 2.45) is 5.73 Å². The summed E-state index contributed by atoms with van der Waals surface area (Å²) in [5, 5.41) is 8.84. The van der Waals surface area contributed by atoms with Gasteiger partial charge >= 0.3 is 0 Å². The molecule has 6 heteroatoms. The maximum atomic E-state index is 13.5. The van der Waals surface area contributed by atoms with E-state index in [1.54, 1.807) is 0 Å². The van der Waals surface area contributed by atoms with E-state index in [4.69, 9.17) is 16.6 Å². The molecule has 0 amide bonds. The fourth-order valence-corrected chi connectivity index (χ4v) is 2.27. The van der Waals surface area contributed by atoms with Gasteiger partial charge in [-0.1, -0.05) is 0 Å². The first-order valence-corrected chi connectivity index (χ1v) is 5.37. The normalized spacial score (nSPS) is 12.9. The fraction of sp³-hybridized carbons (Fsp3) is 0.250. The lowest BCUT2D eigenvalue weighted by Gasteiger charge is -2.15. The van der Waals surface area contributed by atoms with Gasteiger partial charge in [0.15, 0.2) is 0 Å². The van der Waals surface area contributed by atoms with Crippen LogP contribution in [0.4, 0.5) is 10.1 Å². The highest BCUT2D eigenvalue weighted by atomic mass is 79.9. The lowest BCUT2D eigenvalue weighted by Crippen LogP contribution is -2.18. The molecule has 78 valence electrons. The van der Waals surface area contributed by atoms with Gasteiger partial charge in [-0.3, -0.25) is 0 Å². The van der Waals surface area contributed by atoms with Crippen LogP contribution in [0.5, 0.6) is 0 Å². The Bertz CT molecular complexity index is 333. The summed E-state index contributed by atoms with van der Waals surface area (Å²) >= 11 is 6.20. The van der Waals surface area contributed by atoms with E-state index in [2.05, 4.69) is 31.9 Å². The zero-order valence-corrected chi connectivity index (χ0v) is 10.3. The maximum Gasteiger partial charge on any atom is 0.144 e. The third-order valence-corrected chi connectivity index (χ3v) is 3.05. The summed E-state index contributed by atoms with van der Waals surface area (Å²) in [5.74, 6) is -0.535. The van der Waals surface area contributed by atoms with Crippen LogP contribution < -0.4 is 11.5 Å². The van der Waals surface area contributed by atoms with Gasteiger partial charge in [-0.15, -0.1) is 0 Å². The van der Waals surface area contributed by atoms with E-state index in [0.717, 1.165) is 0 Å². The Balaban J connectivity index is 3.39. The van der Waals surface area contributed by atoms with Crippen LogP contribution in [0.3, 0.4) is 0 Å². The molecule has 0 spiro atoms. The Kier molecular flexibility index (Phi) is 3.88. The first-order valence-electron chi connectivity index (χ1n) is 3.78. The zero-order chi connectivity index (χ0) is 10.9. The third kappa shape index (κ3) is 2.08. The predicted octanol–water partition coefficient (Wildman–Crippen LogP) is 1.93. The average molecular weight is 328 g/mol. The number of benzene rings is 1. The van der Waals surface area contributed by atoms with Crippen molar-refractivity contribution in [2.45, 2.75) is 6.04 Å². The van der Waals surface area contributed by atoms with Crippen molar-refractivity contribution in [3.8, 4) is 0 Å². The van der Waals surface area contributed by atoms with Crippen molar-refractivity contribution >= 4 is 37.5 Å². The zero-order valence-electron chi connectivity index (χ0n) is 7.10. The van der Waals surface area contributed by atoms with E-state index < -0.39 is 11.9 Å². The molecule has 1 aromatic carbocycles. The Labute approximate surface area is 97.5 Å². The minimum Gasteiger partial charge on any atom is -0.397 e. The monoisotopic (exact) mass is 326 g/mol. The van der Waals surface area contributed by atoms with Gasteiger partial charge in [-0.05, 0) is 37.9 Å². The topological polar surface area (TPSA) is 72.3 Å². The van der Waals surface area contributed by atoms with Gasteiger partial charge in [0.05, 0.1) is 22.8 Å². The van der Waals surface area contributed by atoms with Crippen molar-refractivity contribution in [1.82, 2.24) is 0 Å². The molecular weight excluding hydrogens is 319 g/mol. The van der Waals surface area contributed by atoms with Crippen molar-refractivity contribution in [3.05, 3.63) is 26.4 Å². The predicted molar refractivity (Wildman–Crippen MR) is 60.2 cm³/mol.